The van der Waals surface area contributed by atoms with Crippen LogP contribution in [-0.4, -0.2) is 17.6 Å². The minimum absolute atomic E-state index is 0.195. The first-order valence-corrected chi connectivity index (χ1v) is 7.11. The molecular formula is C15H15ClN2O2. The Bertz CT molecular complexity index is 620. The Kier molecular flexibility index (Phi) is 3.74. The highest BCUT2D eigenvalue weighted by molar-refractivity contribution is 6.33. The third-order valence-electron chi connectivity index (χ3n) is 3.66. The van der Waals surface area contributed by atoms with E-state index in [1.807, 2.05) is 18.2 Å². The van der Waals surface area contributed by atoms with Gasteiger partial charge in [-0.1, -0.05) is 35.3 Å². The standard InChI is InChI=1S/C15H15ClN2O2/c16-12-7-2-1-6-11(12)14-8-13(18-20-14)15(19)17-9-10-4-3-5-10/h1-2,6-8,10H,3-5,9H2,(H,17,19). The van der Waals surface area contributed by atoms with Crippen LogP contribution in [-0.2, 0) is 0 Å². The van der Waals surface area contributed by atoms with Gasteiger partial charge in [0.05, 0.1) is 5.02 Å². The van der Waals surface area contributed by atoms with Crippen LogP contribution in [0.1, 0.15) is 29.8 Å². The number of carbonyl (C=O) groups is 1. The zero-order chi connectivity index (χ0) is 13.9. The number of hydrogen-bond acceptors (Lipinski definition) is 3. The quantitative estimate of drug-likeness (QED) is 0.937. The van der Waals surface area contributed by atoms with E-state index in [9.17, 15) is 4.79 Å². The van der Waals surface area contributed by atoms with Crippen molar-refractivity contribution in [1.29, 1.82) is 0 Å². The maximum absolute atomic E-state index is 12.0. The predicted octanol–water partition coefficient (Wildman–Crippen LogP) is 3.52. The van der Waals surface area contributed by atoms with Crippen LogP contribution >= 0.6 is 11.6 Å². The largest absolute Gasteiger partial charge is 0.355 e. The summed E-state index contributed by atoms with van der Waals surface area (Å²) in [7, 11) is 0. The number of halogens is 1. The summed E-state index contributed by atoms with van der Waals surface area (Å²) in [6, 6.07) is 8.93. The maximum Gasteiger partial charge on any atom is 0.273 e. The van der Waals surface area contributed by atoms with Crippen LogP contribution in [0.3, 0.4) is 0 Å². The fourth-order valence-electron chi connectivity index (χ4n) is 2.19. The van der Waals surface area contributed by atoms with Crippen LogP contribution in [0.25, 0.3) is 11.3 Å². The van der Waals surface area contributed by atoms with Gasteiger partial charge in [0.1, 0.15) is 0 Å². The lowest BCUT2D eigenvalue weighted by molar-refractivity contribution is 0.0930. The van der Waals surface area contributed by atoms with Gasteiger partial charge in [-0.15, -0.1) is 0 Å². The fourth-order valence-corrected chi connectivity index (χ4v) is 2.42. The van der Waals surface area contributed by atoms with Gasteiger partial charge >= 0.3 is 0 Å². The molecule has 2 aromatic rings. The van der Waals surface area contributed by atoms with E-state index in [1.54, 1.807) is 12.1 Å². The summed E-state index contributed by atoms with van der Waals surface area (Å²) in [4.78, 5) is 12.0. The zero-order valence-corrected chi connectivity index (χ0v) is 11.7. The summed E-state index contributed by atoms with van der Waals surface area (Å²) in [5.41, 5.74) is 1.03. The molecule has 1 aromatic carbocycles. The Labute approximate surface area is 122 Å². The normalized spacial score (nSPS) is 14.8. The molecule has 104 valence electrons. The SMILES string of the molecule is O=C(NCC1CCC1)c1cc(-c2ccccc2Cl)on1. The summed E-state index contributed by atoms with van der Waals surface area (Å²) < 4.78 is 5.20. The average molecular weight is 291 g/mol. The smallest absolute Gasteiger partial charge is 0.273 e. The Morgan fingerprint density at radius 2 is 2.20 bits per heavy atom. The third kappa shape index (κ3) is 2.70. The lowest BCUT2D eigenvalue weighted by Gasteiger charge is -2.24. The van der Waals surface area contributed by atoms with Crippen molar-refractivity contribution < 1.29 is 9.32 Å². The van der Waals surface area contributed by atoms with Gasteiger partial charge < -0.3 is 9.84 Å². The van der Waals surface area contributed by atoms with E-state index >= 15 is 0 Å². The van der Waals surface area contributed by atoms with E-state index in [-0.39, 0.29) is 5.91 Å². The zero-order valence-electron chi connectivity index (χ0n) is 10.9. The van der Waals surface area contributed by atoms with Crippen LogP contribution in [0.2, 0.25) is 5.02 Å². The molecule has 4 nitrogen and oxygen atoms in total. The van der Waals surface area contributed by atoms with E-state index in [4.69, 9.17) is 16.1 Å². The molecule has 1 saturated carbocycles. The molecule has 0 aliphatic heterocycles. The summed E-state index contributed by atoms with van der Waals surface area (Å²) in [5.74, 6) is 0.928. The molecule has 1 N–H and O–H groups in total. The van der Waals surface area contributed by atoms with Gasteiger partial charge in [-0.3, -0.25) is 4.79 Å². The lowest BCUT2D eigenvalue weighted by Crippen LogP contribution is -2.32. The molecule has 1 heterocycles. The second kappa shape index (κ2) is 5.67. The first kappa shape index (κ1) is 13.2. The summed E-state index contributed by atoms with van der Waals surface area (Å²) in [6.45, 7) is 0.715. The number of amides is 1. The van der Waals surface area contributed by atoms with E-state index in [0.717, 1.165) is 5.56 Å². The van der Waals surface area contributed by atoms with Gasteiger partial charge in [-0.2, -0.15) is 0 Å². The van der Waals surface area contributed by atoms with Crippen molar-refractivity contribution in [3.8, 4) is 11.3 Å². The number of aromatic nitrogens is 1. The summed E-state index contributed by atoms with van der Waals surface area (Å²) in [6.07, 6.45) is 3.66. The Morgan fingerprint density at radius 1 is 1.40 bits per heavy atom. The van der Waals surface area contributed by atoms with Crippen LogP contribution < -0.4 is 5.32 Å². The van der Waals surface area contributed by atoms with Crippen LogP contribution in [0.4, 0.5) is 0 Å². The molecule has 5 heteroatoms. The number of nitrogens with zero attached hydrogens (tertiary/aromatic N) is 1. The van der Waals surface area contributed by atoms with Crippen molar-refractivity contribution >= 4 is 17.5 Å². The van der Waals surface area contributed by atoms with Crippen LogP contribution in [0, 0.1) is 5.92 Å². The molecular weight excluding hydrogens is 276 g/mol. The highest BCUT2D eigenvalue weighted by atomic mass is 35.5. The number of hydrogen-bond donors (Lipinski definition) is 1. The number of rotatable bonds is 4. The predicted molar refractivity (Wildman–Crippen MR) is 76.6 cm³/mol. The molecule has 0 atom stereocenters. The minimum atomic E-state index is -0.195. The topological polar surface area (TPSA) is 55.1 Å². The summed E-state index contributed by atoms with van der Waals surface area (Å²) in [5, 5.41) is 7.27. The van der Waals surface area contributed by atoms with Crippen LogP contribution in [0.5, 0.6) is 0 Å². The molecule has 0 spiro atoms. The molecule has 1 fully saturated rings. The molecule has 1 amide bonds. The molecule has 1 aliphatic rings. The van der Waals surface area contributed by atoms with Gasteiger partial charge in [0.2, 0.25) is 0 Å². The van der Waals surface area contributed by atoms with Crippen molar-refractivity contribution in [3.05, 3.63) is 41.0 Å². The lowest BCUT2D eigenvalue weighted by atomic mass is 9.85. The molecule has 3 rings (SSSR count). The molecule has 0 radical (unpaired) electrons. The molecule has 0 unspecified atom stereocenters. The van der Waals surface area contributed by atoms with Gasteiger partial charge in [0.15, 0.2) is 11.5 Å². The minimum Gasteiger partial charge on any atom is -0.355 e. The van der Waals surface area contributed by atoms with E-state index in [2.05, 4.69) is 10.5 Å². The highest BCUT2D eigenvalue weighted by Gasteiger charge is 2.20. The Hall–Kier alpha value is -1.81. The van der Waals surface area contributed by atoms with Crippen molar-refractivity contribution in [2.45, 2.75) is 19.3 Å². The second-order valence-electron chi connectivity index (χ2n) is 5.06. The van der Waals surface area contributed by atoms with E-state index in [1.165, 1.54) is 19.3 Å². The highest BCUT2D eigenvalue weighted by Crippen LogP contribution is 2.28. The first-order chi connectivity index (χ1) is 9.74. The molecule has 0 saturated heterocycles. The molecule has 1 aliphatic carbocycles. The van der Waals surface area contributed by atoms with Crippen molar-refractivity contribution in [2.75, 3.05) is 6.54 Å². The van der Waals surface area contributed by atoms with Crippen molar-refractivity contribution in [1.82, 2.24) is 10.5 Å². The monoisotopic (exact) mass is 290 g/mol. The van der Waals surface area contributed by atoms with Gasteiger partial charge in [-0.25, -0.2) is 0 Å². The molecule has 20 heavy (non-hydrogen) atoms. The van der Waals surface area contributed by atoms with Crippen LogP contribution in [0.15, 0.2) is 34.9 Å². The number of carbonyl (C=O) groups excluding carboxylic acids is 1. The van der Waals surface area contributed by atoms with Gasteiger partial charge in [-0.05, 0) is 30.9 Å². The van der Waals surface area contributed by atoms with E-state index in [0.29, 0.717) is 28.9 Å². The number of nitrogens with one attached hydrogen (secondary N) is 1. The average Bonchev–Trinajstić information content (AvgIpc) is 2.87. The van der Waals surface area contributed by atoms with Gasteiger partial charge in [0, 0.05) is 18.2 Å². The number of benzene rings is 1. The second-order valence-corrected chi connectivity index (χ2v) is 5.47. The van der Waals surface area contributed by atoms with Crippen molar-refractivity contribution in [2.24, 2.45) is 5.92 Å². The Morgan fingerprint density at radius 3 is 2.90 bits per heavy atom. The fraction of sp³-hybridized carbons (Fsp3) is 0.333. The maximum atomic E-state index is 12.0. The van der Waals surface area contributed by atoms with E-state index < -0.39 is 0 Å². The Balaban J connectivity index is 1.69. The first-order valence-electron chi connectivity index (χ1n) is 6.74. The van der Waals surface area contributed by atoms with Gasteiger partial charge in [0.25, 0.3) is 5.91 Å². The molecule has 1 aromatic heterocycles. The summed E-state index contributed by atoms with van der Waals surface area (Å²) >= 11 is 6.09. The molecule has 0 bridgehead atoms. The third-order valence-corrected chi connectivity index (χ3v) is 3.99. The van der Waals surface area contributed by atoms with Crippen molar-refractivity contribution in [3.63, 3.8) is 0 Å².